The summed E-state index contributed by atoms with van der Waals surface area (Å²) in [6.07, 6.45) is -11.0. The van der Waals surface area contributed by atoms with Crippen LogP contribution in [0.25, 0.3) is 0 Å². The van der Waals surface area contributed by atoms with Gasteiger partial charge in [0.25, 0.3) is 0 Å². The minimum absolute atomic E-state index is 0.0432. The van der Waals surface area contributed by atoms with Crippen molar-refractivity contribution in [2.45, 2.75) is 71.9 Å². The minimum Gasteiger partial charge on any atom is -0.382 e. The predicted octanol–water partition coefficient (Wildman–Crippen LogP) is 7.63. The van der Waals surface area contributed by atoms with Gasteiger partial charge in [-0.05, 0) is 0 Å². The molecule has 0 fully saturated rings. The molecule has 0 heterocycles. The first kappa shape index (κ1) is 56.4. The maximum atomic E-state index is 15.0. The van der Waals surface area contributed by atoms with Gasteiger partial charge in [0.1, 0.15) is 0 Å². The highest BCUT2D eigenvalue weighted by Gasteiger charge is 2.97. The average Bonchev–Trinajstić information content (AvgIpc) is 3.10. The van der Waals surface area contributed by atoms with Crippen molar-refractivity contribution in [1.29, 1.82) is 0 Å². The van der Waals surface area contributed by atoms with Gasteiger partial charge in [-0.25, -0.2) is 0 Å². The van der Waals surface area contributed by atoms with E-state index in [1.54, 1.807) is 0 Å². The van der Waals surface area contributed by atoms with E-state index in [-0.39, 0.29) is 39.6 Å². The monoisotopic (exact) mass is 932 g/mol. The van der Waals surface area contributed by atoms with Crippen LogP contribution >= 0.6 is 0 Å². The summed E-state index contributed by atoms with van der Waals surface area (Å²) in [6.45, 7) is -4.52. The van der Waals surface area contributed by atoms with E-state index in [1.807, 2.05) is 0 Å². The second kappa shape index (κ2) is 21.5. The maximum absolute atomic E-state index is 15.0. The number of rotatable bonds is 32. The predicted molar refractivity (Wildman–Crippen MR) is 152 cm³/mol. The van der Waals surface area contributed by atoms with Crippen molar-refractivity contribution in [1.82, 2.24) is 0 Å². The van der Waals surface area contributed by atoms with E-state index < -0.39 is 120 Å². The molecule has 0 aromatic heterocycles. The van der Waals surface area contributed by atoms with Gasteiger partial charge in [0.15, 0.2) is 0 Å². The lowest BCUT2D eigenvalue weighted by molar-refractivity contribution is -0.474. The molecule has 0 aliphatic carbocycles. The third kappa shape index (κ3) is 12.1. The molecule has 0 radical (unpaired) electrons. The smallest absolute Gasteiger partial charge is 0.382 e. The quantitative estimate of drug-likeness (QED) is 0.0385. The Labute approximate surface area is 315 Å². The highest BCUT2D eigenvalue weighted by Crippen LogP contribution is 2.66. The zero-order valence-electron chi connectivity index (χ0n) is 30.0. The summed E-state index contributed by atoms with van der Waals surface area (Å²) in [5.74, 6) is -78.0. The molecule has 9 nitrogen and oxygen atoms in total. The van der Waals surface area contributed by atoms with E-state index in [1.165, 1.54) is 21.3 Å². The lowest BCUT2D eigenvalue weighted by atomic mass is 9.86. The van der Waals surface area contributed by atoms with E-state index in [0.717, 1.165) is 0 Å². The first-order valence-corrected chi connectivity index (χ1v) is 17.7. The summed E-state index contributed by atoms with van der Waals surface area (Å²) in [4.78, 5) is 0. The van der Waals surface area contributed by atoms with Gasteiger partial charge in [0, 0.05) is 33.8 Å². The molecule has 0 aromatic carbocycles. The first-order valence-electron chi connectivity index (χ1n) is 15.7. The molecule has 0 atom stereocenters. The molecule has 0 bridgehead atoms. The highest BCUT2D eigenvalue weighted by atomic mass is 28.4. The van der Waals surface area contributed by atoms with Crippen molar-refractivity contribution >= 4 is 8.80 Å². The SMILES string of the molecule is COCCOCCO[Si](CCC(F)(F)C(F)(F)C(F)(F)C(F)(F)C(F)(F)C(F)(F)C(F)(F)C(F)(F)C(F)(F)C(F)(F)F)(OCCOCCOC)OCCOCCOC. The summed E-state index contributed by atoms with van der Waals surface area (Å²) in [6, 6.07) is -1.91. The molecule has 0 aromatic rings. The van der Waals surface area contributed by atoms with Gasteiger partial charge in [0.2, 0.25) is 0 Å². The molecule has 350 valence electrons. The molecule has 31 heteroatoms. The standard InChI is InChI=1S/C27H37F21O9Si/c1-49-5-8-52-11-14-55-58(56-15-12-53-9-6-50-2,57-16-13-54-10-7-51-3)17-4-18(28,29)19(30,31)20(32,33)21(34,35)22(36,37)23(38,39)24(40,41)25(42,43)26(44,45)27(46,47)48/h4-17H2,1-3H3. The van der Waals surface area contributed by atoms with Crippen LogP contribution in [0.3, 0.4) is 0 Å². The second-order valence-electron chi connectivity index (χ2n) is 11.3. The molecule has 0 amide bonds. The topological polar surface area (TPSA) is 83.1 Å². The summed E-state index contributed by atoms with van der Waals surface area (Å²) in [5.41, 5.74) is 0. The molecule has 0 aliphatic heterocycles. The molecule has 0 rings (SSSR count). The molecule has 0 aliphatic rings. The fraction of sp³-hybridized carbons (Fsp3) is 1.00. The van der Waals surface area contributed by atoms with E-state index in [4.69, 9.17) is 27.5 Å². The Morgan fingerprint density at radius 2 is 0.552 bits per heavy atom. The molecule has 0 N–H and O–H groups in total. The fourth-order valence-electron chi connectivity index (χ4n) is 3.90. The van der Waals surface area contributed by atoms with Crippen LogP contribution in [0.15, 0.2) is 0 Å². The van der Waals surface area contributed by atoms with Gasteiger partial charge < -0.3 is 41.7 Å². The van der Waals surface area contributed by atoms with Crippen molar-refractivity contribution in [3.05, 3.63) is 0 Å². The fourth-order valence-corrected chi connectivity index (χ4v) is 6.39. The molecule has 0 spiro atoms. The maximum Gasteiger partial charge on any atom is 0.501 e. The lowest BCUT2D eigenvalue weighted by Crippen LogP contribution is -2.76. The normalized spacial score (nSPS) is 15.1. The van der Waals surface area contributed by atoms with Crippen LogP contribution in [0.2, 0.25) is 6.04 Å². The number of alkyl halides is 21. The minimum atomic E-state index is -9.27. The Morgan fingerprint density at radius 3 is 0.810 bits per heavy atom. The van der Waals surface area contributed by atoms with E-state index >= 15 is 0 Å². The zero-order chi connectivity index (χ0) is 45.8. The Hall–Kier alpha value is -1.61. The molecular formula is C27H37F21O9Si. The molecule has 58 heavy (non-hydrogen) atoms. The van der Waals surface area contributed by atoms with Gasteiger partial charge in [-0.1, -0.05) is 0 Å². The Balaban J connectivity index is 6.93. The lowest BCUT2D eigenvalue weighted by Gasteiger charge is -2.44. The zero-order valence-corrected chi connectivity index (χ0v) is 31.0. The Kier molecular flexibility index (Phi) is 20.9. The molecule has 0 unspecified atom stereocenters. The molecule has 0 saturated heterocycles. The van der Waals surface area contributed by atoms with Gasteiger partial charge in [-0.3, -0.25) is 0 Å². The number of halogens is 21. The van der Waals surface area contributed by atoms with Crippen LogP contribution in [-0.2, 0) is 41.7 Å². The summed E-state index contributed by atoms with van der Waals surface area (Å²) in [7, 11) is -1.43. The summed E-state index contributed by atoms with van der Waals surface area (Å²) >= 11 is 0. The van der Waals surface area contributed by atoms with Crippen molar-refractivity contribution in [3.8, 4) is 0 Å². The van der Waals surface area contributed by atoms with Crippen LogP contribution in [0.5, 0.6) is 0 Å². The average molecular weight is 933 g/mol. The largest absolute Gasteiger partial charge is 0.501 e. The van der Waals surface area contributed by atoms with E-state index in [0.29, 0.717) is 0 Å². The first-order chi connectivity index (χ1) is 26.1. The van der Waals surface area contributed by atoms with Crippen LogP contribution in [0, 0.1) is 0 Å². The molecule has 0 saturated carbocycles. The third-order valence-corrected chi connectivity index (χ3v) is 10.1. The Morgan fingerprint density at radius 1 is 0.310 bits per heavy atom. The number of hydrogen-bond acceptors (Lipinski definition) is 9. The third-order valence-electron chi connectivity index (χ3n) is 7.27. The number of ether oxygens (including phenoxy) is 6. The van der Waals surface area contributed by atoms with Crippen LogP contribution in [-0.4, -0.2) is 169 Å². The van der Waals surface area contributed by atoms with E-state index in [9.17, 15) is 92.2 Å². The number of methoxy groups -OCH3 is 3. The Bertz CT molecular complexity index is 1150. The highest BCUT2D eigenvalue weighted by molar-refractivity contribution is 6.60. The van der Waals surface area contributed by atoms with Crippen molar-refractivity contribution in [2.24, 2.45) is 0 Å². The van der Waals surface area contributed by atoms with Gasteiger partial charge in [-0.2, -0.15) is 92.2 Å². The van der Waals surface area contributed by atoms with Gasteiger partial charge in [-0.15, -0.1) is 0 Å². The van der Waals surface area contributed by atoms with Crippen LogP contribution in [0.4, 0.5) is 92.2 Å². The van der Waals surface area contributed by atoms with E-state index in [2.05, 4.69) is 14.2 Å². The van der Waals surface area contributed by atoms with Gasteiger partial charge in [0.05, 0.1) is 79.3 Å². The van der Waals surface area contributed by atoms with Crippen molar-refractivity contribution in [3.63, 3.8) is 0 Å². The van der Waals surface area contributed by atoms with Crippen molar-refractivity contribution < 1.29 is 134 Å². The van der Waals surface area contributed by atoms with Crippen molar-refractivity contribution in [2.75, 3.05) is 101 Å². The van der Waals surface area contributed by atoms with Crippen LogP contribution in [0.1, 0.15) is 6.42 Å². The number of hydrogen-bond donors (Lipinski definition) is 0. The second-order valence-corrected chi connectivity index (χ2v) is 14.1. The van der Waals surface area contributed by atoms with Gasteiger partial charge >= 0.3 is 68.3 Å². The molecular weight excluding hydrogens is 895 g/mol. The van der Waals surface area contributed by atoms with Crippen LogP contribution < -0.4 is 0 Å². The summed E-state index contributed by atoms with van der Waals surface area (Å²) in [5, 5.41) is 0. The summed E-state index contributed by atoms with van der Waals surface area (Å²) < 4.78 is 337.